The zero-order valence-corrected chi connectivity index (χ0v) is 15.5. The van der Waals surface area contributed by atoms with Crippen molar-refractivity contribution in [1.82, 2.24) is 0 Å². The van der Waals surface area contributed by atoms with Crippen LogP contribution >= 0.6 is 0 Å². The van der Waals surface area contributed by atoms with Crippen molar-refractivity contribution < 1.29 is 18.9 Å². The third-order valence-electron chi connectivity index (χ3n) is 3.44. The summed E-state index contributed by atoms with van der Waals surface area (Å²) in [6.45, 7) is 10.9. The van der Waals surface area contributed by atoms with Gasteiger partial charge in [-0.15, -0.1) is 0 Å². The van der Waals surface area contributed by atoms with Crippen molar-refractivity contribution in [3.8, 4) is 11.5 Å². The van der Waals surface area contributed by atoms with Crippen molar-refractivity contribution in [2.75, 3.05) is 26.4 Å². The van der Waals surface area contributed by atoms with Gasteiger partial charge in [0.15, 0.2) is 0 Å². The fourth-order valence-electron chi connectivity index (χ4n) is 2.19. The summed E-state index contributed by atoms with van der Waals surface area (Å²) < 4.78 is 22.4. The van der Waals surface area contributed by atoms with Crippen LogP contribution in [0.4, 0.5) is 0 Å². The Hall–Kier alpha value is -1.68. The highest BCUT2D eigenvalue weighted by atomic mass is 16.5. The first-order chi connectivity index (χ1) is 11.7. The maximum absolute atomic E-state index is 5.80. The molecule has 0 amide bonds. The predicted octanol–water partition coefficient (Wildman–Crippen LogP) is 4.98. The van der Waals surface area contributed by atoms with Gasteiger partial charge in [0, 0.05) is 12.7 Å². The minimum absolute atomic E-state index is 0.212. The third-order valence-corrected chi connectivity index (χ3v) is 3.44. The minimum atomic E-state index is 0.212. The van der Waals surface area contributed by atoms with Gasteiger partial charge in [0.2, 0.25) is 0 Å². The maximum Gasteiger partial charge on any atom is 0.122 e. The molecule has 4 nitrogen and oxygen atoms in total. The van der Waals surface area contributed by atoms with E-state index >= 15 is 0 Å². The van der Waals surface area contributed by atoms with Gasteiger partial charge in [-0.05, 0) is 65.2 Å². The molecule has 0 radical (unpaired) electrons. The quantitative estimate of drug-likeness (QED) is 0.376. The van der Waals surface area contributed by atoms with Crippen LogP contribution in [0.15, 0.2) is 36.1 Å². The maximum atomic E-state index is 5.80. The second kappa shape index (κ2) is 12.7. The van der Waals surface area contributed by atoms with E-state index in [1.165, 1.54) is 0 Å². The highest BCUT2D eigenvalue weighted by molar-refractivity contribution is 5.32. The summed E-state index contributed by atoms with van der Waals surface area (Å²) in [4.78, 5) is 0. The van der Waals surface area contributed by atoms with Gasteiger partial charge < -0.3 is 18.9 Å². The highest BCUT2D eigenvalue weighted by Gasteiger charge is 2.01. The molecular formula is C20H32O4. The standard InChI is InChI=1S/C20H32O4/c1-5-21-17(3)12-13-18(4)23-14-7-8-15-24-20-11-9-10-19(16-20)22-6-2/h9-12,16,18H,5-8,13-15H2,1-4H3/b17-12+. The smallest absolute Gasteiger partial charge is 0.122 e. The molecule has 1 unspecified atom stereocenters. The number of hydrogen-bond acceptors (Lipinski definition) is 4. The number of benzene rings is 1. The Balaban J connectivity index is 2.09. The van der Waals surface area contributed by atoms with Crippen LogP contribution in [0.1, 0.15) is 47.0 Å². The van der Waals surface area contributed by atoms with E-state index in [9.17, 15) is 0 Å². The van der Waals surface area contributed by atoms with Crippen molar-refractivity contribution in [1.29, 1.82) is 0 Å². The van der Waals surface area contributed by atoms with Gasteiger partial charge in [-0.1, -0.05) is 6.07 Å². The van der Waals surface area contributed by atoms with Crippen molar-refractivity contribution in [2.45, 2.75) is 53.1 Å². The van der Waals surface area contributed by atoms with Crippen molar-refractivity contribution in [3.05, 3.63) is 36.1 Å². The Labute approximate surface area is 146 Å². The lowest BCUT2D eigenvalue weighted by Crippen LogP contribution is -2.09. The summed E-state index contributed by atoms with van der Waals surface area (Å²) >= 11 is 0. The van der Waals surface area contributed by atoms with Crippen LogP contribution < -0.4 is 9.47 Å². The van der Waals surface area contributed by atoms with Crippen molar-refractivity contribution >= 4 is 0 Å². The first kappa shape index (κ1) is 20.4. The zero-order valence-electron chi connectivity index (χ0n) is 15.5. The summed E-state index contributed by atoms with van der Waals surface area (Å²) in [7, 11) is 0. The molecule has 0 saturated heterocycles. The van der Waals surface area contributed by atoms with Gasteiger partial charge in [0.1, 0.15) is 11.5 Å². The molecule has 24 heavy (non-hydrogen) atoms. The highest BCUT2D eigenvalue weighted by Crippen LogP contribution is 2.19. The molecule has 0 aromatic heterocycles. The van der Waals surface area contributed by atoms with Gasteiger partial charge in [0.05, 0.1) is 31.7 Å². The normalized spacial score (nSPS) is 12.8. The fraction of sp³-hybridized carbons (Fsp3) is 0.600. The van der Waals surface area contributed by atoms with Crippen molar-refractivity contribution in [3.63, 3.8) is 0 Å². The summed E-state index contributed by atoms with van der Waals surface area (Å²) in [5.74, 6) is 2.67. The molecule has 0 N–H and O–H groups in total. The number of unbranched alkanes of at least 4 members (excludes halogenated alkanes) is 1. The van der Waals surface area contributed by atoms with Crippen LogP contribution in [-0.4, -0.2) is 32.5 Å². The van der Waals surface area contributed by atoms with E-state index in [1.54, 1.807) is 0 Å². The molecule has 0 aliphatic carbocycles. The SMILES string of the molecule is CCO/C(C)=C/CC(C)OCCCCOc1cccc(OCC)c1. The van der Waals surface area contributed by atoms with E-state index in [4.69, 9.17) is 18.9 Å². The molecule has 0 aliphatic heterocycles. The van der Waals surface area contributed by atoms with Crippen LogP contribution in [0.25, 0.3) is 0 Å². The monoisotopic (exact) mass is 336 g/mol. The lowest BCUT2D eigenvalue weighted by Gasteiger charge is -2.12. The molecule has 4 heteroatoms. The molecule has 1 rings (SSSR count). The van der Waals surface area contributed by atoms with Crippen LogP contribution in [0.2, 0.25) is 0 Å². The van der Waals surface area contributed by atoms with Crippen molar-refractivity contribution in [2.24, 2.45) is 0 Å². The zero-order chi connectivity index (χ0) is 17.6. The minimum Gasteiger partial charge on any atom is -0.499 e. The van der Waals surface area contributed by atoms with Crippen LogP contribution in [0, 0.1) is 0 Å². The molecule has 136 valence electrons. The Morgan fingerprint density at radius 2 is 1.75 bits per heavy atom. The lowest BCUT2D eigenvalue weighted by molar-refractivity contribution is 0.0627. The molecule has 0 saturated carbocycles. The molecule has 1 aromatic carbocycles. The molecule has 0 heterocycles. The molecule has 0 bridgehead atoms. The average Bonchev–Trinajstić information content (AvgIpc) is 2.57. The predicted molar refractivity (Wildman–Crippen MR) is 97.8 cm³/mol. The number of ether oxygens (including phenoxy) is 4. The number of hydrogen-bond donors (Lipinski definition) is 0. The summed E-state index contributed by atoms with van der Waals surface area (Å²) in [6.07, 6.45) is 5.14. The van der Waals surface area contributed by atoms with E-state index in [1.807, 2.05) is 45.0 Å². The second-order valence-corrected chi connectivity index (χ2v) is 5.63. The summed E-state index contributed by atoms with van der Waals surface area (Å²) in [6, 6.07) is 7.76. The number of allylic oxidation sites excluding steroid dienone is 1. The molecular weight excluding hydrogens is 304 g/mol. The molecule has 0 fully saturated rings. The van der Waals surface area contributed by atoms with Crippen LogP contribution in [0.3, 0.4) is 0 Å². The summed E-state index contributed by atoms with van der Waals surface area (Å²) in [5, 5.41) is 0. The number of rotatable bonds is 13. The van der Waals surface area contributed by atoms with Gasteiger partial charge in [0.25, 0.3) is 0 Å². The van der Waals surface area contributed by atoms with Crippen LogP contribution in [-0.2, 0) is 9.47 Å². The molecule has 1 atom stereocenters. The van der Waals surface area contributed by atoms with Crippen LogP contribution in [0.5, 0.6) is 11.5 Å². The Morgan fingerprint density at radius 3 is 2.46 bits per heavy atom. The average molecular weight is 336 g/mol. The molecule has 0 spiro atoms. The largest absolute Gasteiger partial charge is 0.499 e. The lowest BCUT2D eigenvalue weighted by atomic mass is 10.2. The topological polar surface area (TPSA) is 36.9 Å². The fourth-order valence-corrected chi connectivity index (χ4v) is 2.19. The van der Waals surface area contributed by atoms with Gasteiger partial charge in [-0.3, -0.25) is 0 Å². The van der Waals surface area contributed by atoms with E-state index in [-0.39, 0.29) is 6.10 Å². The van der Waals surface area contributed by atoms with E-state index in [0.29, 0.717) is 19.8 Å². The van der Waals surface area contributed by atoms with Gasteiger partial charge >= 0.3 is 0 Å². The van der Waals surface area contributed by atoms with E-state index in [2.05, 4.69) is 13.0 Å². The van der Waals surface area contributed by atoms with E-state index < -0.39 is 0 Å². The van der Waals surface area contributed by atoms with Gasteiger partial charge in [-0.25, -0.2) is 0 Å². The Kier molecular flexibility index (Phi) is 10.8. The second-order valence-electron chi connectivity index (χ2n) is 5.63. The third kappa shape index (κ3) is 9.46. The summed E-state index contributed by atoms with van der Waals surface area (Å²) in [5.41, 5.74) is 0. The molecule has 1 aromatic rings. The first-order valence-corrected chi connectivity index (χ1v) is 8.92. The first-order valence-electron chi connectivity index (χ1n) is 8.92. The Bertz CT molecular complexity index is 470. The Morgan fingerprint density at radius 1 is 1.04 bits per heavy atom. The molecule has 0 aliphatic rings. The van der Waals surface area contributed by atoms with E-state index in [0.717, 1.165) is 43.1 Å². The van der Waals surface area contributed by atoms with Gasteiger partial charge in [-0.2, -0.15) is 0 Å².